The Morgan fingerprint density at radius 1 is 1.30 bits per heavy atom. The van der Waals surface area contributed by atoms with Crippen LogP contribution in [0.25, 0.3) is 10.8 Å². The van der Waals surface area contributed by atoms with Gasteiger partial charge in [-0.2, -0.15) is 0 Å². The number of carbonyl (C=O) groups is 1. The zero-order valence-corrected chi connectivity index (χ0v) is 13.6. The summed E-state index contributed by atoms with van der Waals surface area (Å²) < 4.78 is 10.8. The summed E-state index contributed by atoms with van der Waals surface area (Å²) in [4.78, 5) is 16.6. The van der Waals surface area contributed by atoms with E-state index in [1.807, 2.05) is 43.3 Å². The largest absolute Gasteiger partial charge is 0.496 e. The second-order valence-corrected chi connectivity index (χ2v) is 5.80. The Hall–Kier alpha value is -2.60. The average molecular weight is 328 g/mol. The van der Waals surface area contributed by atoms with Crippen LogP contribution < -0.4 is 10.1 Å². The Kier molecular flexibility index (Phi) is 4.43. The van der Waals surface area contributed by atoms with Gasteiger partial charge >= 0.3 is 0 Å². The van der Waals surface area contributed by atoms with Gasteiger partial charge in [0.25, 0.3) is 5.91 Å². The van der Waals surface area contributed by atoms with Crippen molar-refractivity contribution in [2.45, 2.75) is 13.5 Å². The molecule has 5 nitrogen and oxygen atoms in total. The molecule has 118 valence electrons. The maximum Gasteiger partial charge on any atom is 0.271 e. The van der Waals surface area contributed by atoms with Gasteiger partial charge in [0.15, 0.2) is 10.8 Å². The maximum atomic E-state index is 12.2. The van der Waals surface area contributed by atoms with Gasteiger partial charge in [-0.05, 0) is 25.1 Å². The highest BCUT2D eigenvalue weighted by molar-refractivity contribution is 7.13. The van der Waals surface area contributed by atoms with E-state index in [9.17, 15) is 4.79 Å². The van der Waals surface area contributed by atoms with E-state index in [4.69, 9.17) is 9.15 Å². The van der Waals surface area contributed by atoms with Gasteiger partial charge in [-0.1, -0.05) is 18.2 Å². The molecular weight excluding hydrogens is 312 g/mol. The molecule has 6 heteroatoms. The molecular formula is C17H16N2O3S. The smallest absolute Gasteiger partial charge is 0.271 e. The molecule has 2 aromatic heterocycles. The molecule has 0 aliphatic rings. The Labute approximate surface area is 137 Å². The highest BCUT2D eigenvalue weighted by atomic mass is 32.1. The number of nitrogens with zero attached hydrogens (tertiary/aromatic N) is 1. The second-order valence-electron chi connectivity index (χ2n) is 4.94. The van der Waals surface area contributed by atoms with Crippen molar-refractivity contribution in [2.24, 2.45) is 0 Å². The van der Waals surface area contributed by atoms with Crippen molar-refractivity contribution in [2.75, 3.05) is 7.11 Å². The number of nitrogens with one attached hydrogen (secondary N) is 1. The van der Waals surface area contributed by atoms with E-state index >= 15 is 0 Å². The molecule has 2 heterocycles. The fraction of sp³-hybridized carbons (Fsp3) is 0.176. The number of carbonyl (C=O) groups excluding carboxylic acids is 1. The van der Waals surface area contributed by atoms with Gasteiger partial charge in [-0.15, -0.1) is 11.3 Å². The number of benzene rings is 1. The lowest BCUT2D eigenvalue weighted by molar-refractivity contribution is 0.0946. The predicted molar refractivity (Wildman–Crippen MR) is 88.7 cm³/mol. The number of rotatable bonds is 5. The van der Waals surface area contributed by atoms with Gasteiger partial charge in [0, 0.05) is 17.5 Å². The minimum atomic E-state index is -0.221. The van der Waals surface area contributed by atoms with E-state index in [1.165, 1.54) is 11.3 Å². The number of methoxy groups -OCH3 is 1. The number of hydrogen-bond acceptors (Lipinski definition) is 5. The number of furan rings is 1. The topological polar surface area (TPSA) is 64.4 Å². The average Bonchev–Trinajstić information content (AvgIpc) is 3.21. The molecule has 0 unspecified atom stereocenters. The predicted octanol–water partition coefficient (Wildman–Crippen LogP) is 3.65. The third-order valence-electron chi connectivity index (χ3n) is 3.32. The van der Waals surface area contributed by atoms with E-state index in [2.05, 4.69) is 10.3 Å². The molecule has 3 aromatic rings. The normalized spacial score (nSPS) is 10.5. The SMILES string of the molecule is COc1ccccc1CNC(=O)c1csc(-c2ccc(C)o2)n1. The van der Waals surface area contributed by atoms with Crippen molar-refractivity contribution in [1.82, 2.24) is 10.3 Å². The van der Waals surface area contributed by atoms with Crippen LogP contribution in [0, 0.1) is 6.92 Å². The van der Waals surface area contributed by atoms with Crippen LogP contribution in [0.5, 0.6) is 5.75 Å². The number of hydrogen-bond donors (Lipinski definition) is 1. The molecule has 23 heavy (non-hydrogen) atoms. The highest BCUT2D eigenvalue weighted by Crippen LogP contribution is 2.25. The van der Waals surface area contributed by atoms with Gasteiger partial charge in [-0.3, -0.25) is 4.79 Å². The van der Waals surface area contributed by atoms with Crippen LogP contribution in [0.15, 0.2) is 46.2 Å². The Balaban J connectivity index is 1.68. The molecule has 0 radical (unpaired) electrons. The van der Waals surface area contributed by atoms with Crippen molar-refractivity contribution < 1.29 is 13.9 Å². The quantitative estimate of drug-likeness (QED) is 0.776. The summed E-state index contributed by atoms with van der Waals surface area (Å²) in [6, 6.07) is 11.3. The zero-order valence-electron chi connectivity index (χ0n) is 12.8. The summed E-state index contributed by atoms with van der Waals surface area (Å²) in [7, 11) is 1.61. The lowest BCUT2D eigenvalue weighted by atomic mass is 10.2. The minimum absolute atomic E-state index is 0.221. The lowest BCUT2D eigenvalue weighted by Crippen LogP contribution is -2.23. The van der Waals surface area contributed by atoms with Crippen LogP contribution in [0.1, 0.15) is 21.8 Å². The molecule has 0 aliphatic carbocycles. The first-order chi connectivity index (χ1) is 11.2. The molecule has 0 saturated heterocycles. The standard InChI is InChI=1S/C17H16N2O3S/c1-11-7-8-15(22-11)17-19-13(10-23-17)16(20)18-9-12-5-3-4-6-14(12)21-2/h3-8,10H,9H2,1-2H3,(H,18,20). The molecule has 1 aromatic carbocycles. The number of aryl methyl sites for hydroxylation is 1. The van der Waals surface area contributed by atoms with Crippen LogP contribution in [-0.2, 0) is 6.54 Å². The lowest BCUT2D eigenvalue weighted by Gasteiger charge is -2.08. The summed E-state index contributed by atoms with van der Waals surface area (Å²) in [5.74, 6) is 2.02. The number of para-hydroxylation sites is 1. The summed E-state index contributed by atoms with van der Waals surface area (Å²) in [5.41, 5.74) is 1.30. The van der Waals surface area contributed by atoms with Crippen LogP contribution >= 0.6 is 11.3 Å². The fourth-order valence-electron chi connectivity index (χ4n) is 2.16. The molecule has 0 spiro atoms. The first kappa shape index (κ1) is 15.3. The monoisotopic (exact) mass is 328 g/mol. The van der Waals surface area contributed by atoms with Crippen molar-refractivity contribution in [3.63, 3.8) is 0 Å². The van der Waals surface area contributed by atoms with E-state index in [-0.39, 0.29) is 5.91 Å². The van der Waals surface area contributed by atoms with Gasteiger partial charge in [-0.25, -0.2) is 4.98 Å². The molecule has 1 N–H and O–H groups in total. The molecule has 0 aliphatic heterocycles. The van der Waals surface area contributed by atoms with E-state index in [0.717, 1.165) is 17.1 Å². The van der Waals surface area contributed by atoms with E-state index < -0.39 is 0 Å². The molecule has 1 amide bonds. The van der Waals surface area contributed by atoms with Crippen LogP contribution in [0.3, 0.4) is 0 Å². The van der Waals surface area contributed by atoms with E-state index in [0.29, 0.717) is 23.0 Å². The summed E-state index contributed by atoms with van der Waals surface area (Å²) >= 11 is 1.38. The Morgan fingerprint density at radius 2 is 2.13 bits per heavy atom. The van der Waals surface area contributed by atoms with Gasteiger partial charge in [0.1, 0.15) is 17.2 Å². The number of amides is 1. The molecule has 0 bridgehead atoms. The van der Waals surface area contributed by atoms with Crippen LogP contribution in [-0.4, -0.2) is 18.0 Å². The van der Waals surface area contributed by atoms with Gasteiger partial charge in [0.2, 0.25) is 0 Å². The van der Waals surface area contributed by atoms with Crippen molar-refractivity contribution in [3.05, 3.63) is 58.8 Å². The van der Waals surface area contributed by atoms with Gasteiger partial charge < -0.3 is 14.5 Å². The molecule has 0 atom stereocenters. The zero-order chi connectivity index (χ0) is 16.2. The van der Waals surface area contributed by atoms with Crippen molar-refractivity contribution in [3.8, 4) is 16.5 Å². The van der Waals surface area contributed by atoms with Crippen molar-refractivity contribution >= 4 is 17.2 Å². The van der Waals surface area contributed by atoms with Gasteiger partial charge in [0.05, 0.1) is 7.11 Å². The molecule has 3 rings (SSSR count). The maximum absolute atomic E-state index is 12.2. The first-order valence-corrected chi connectivity index (χ1v) is 7.98. The Bertz CT molecular complexity index is 823. The third kappa shape index (κ3) is 3.43. The number of aromatic nitrogens is 1. The highest BCUT2D eigenvalue weighted by Gasteiger charge is 2.14. The Morgan fingerprint density at radius 3 is 2.87 bits per heavy atom. The summed E-state index contributed by atoms with van der Waals surface area (Å²) in [6.45, 7) is 2.26. The second kappa shape index (κ2) is 6.66. The fourth-order valence-corrected chi connectivity index (χ4v) is 2.92. The van der Waals surface area contributed by atoms with E-state index in [1.54, 1.807) is 12.5 Å². The molecule has 0 fully saturated rings. The van der Waals surface area contributed by atoms with Crippen LogP contribution in [0.4, 0.5) is 0 Å². The first-order valence-electron chi connectivity index (χ1n) is 7.10. The van der Waals surface area contributed by atoms with Crippen LogP contribution in [0.2, 0.25) is 0 Å². The van der Waals surface area contributed by atoms with Crippen molar-refractivity contribution in [1.29, 1.82) is 0 Å². The minimum Gasteiger partial charge on any atom is -0.496 e. The summed E-state index contributed by atoms with van der Waals surface area (Å²) in [5, 5.41) is 5.28. The molecule has 0 saturated carbocycles. The third-order valence-corrected chi connectivity index (χ3v) is 4.18. The summed E-state index contributed by atoms with van der Waals surface area (Å²) in [6.07, 6.45) is 0. The number of thiazole rings is 1. The number of ether oxygens (including phenoxy) is 1.